The van der Waals surface area contributed by atoms with Gasteiger partial charge in [-0.25, -0.2) is 4.79 Å². The van der Waals surface area contributed by atoms with Crippen molar-refractivity contribution in [1.82, 2.24) is 4.90 Å². The molecular weight excluding hydrogens is 294 g/mol. The second kappa shape index (κ2) is 5.61. The van der Waals surface area contributed by atoms with E-state index >= 15 is 0 Å². The van der Waals surface area contributed by atoms with E-state index in [0.29, 0.717) is 11.6 Å². The molecule has 0 saturated carbocycles. The van der Waals surface area contributed by atoms with Crippen LogP contribution < -0.4 is 11.1 Å². The minimum Gasteiger partial charge on any atom is -0.399 e. The normalized spacial score (nSPS) is 16.7. The van der Waals surface area contributed by atoms with Crippen LogP contribution in [0.5, 0.6) is 0 Å². The lowest BCUT2D eigenvalue weighted by Gasteiger charge is -2.30. The van der Waals surface area contributed by atoms with E-state index in [1.165, 1.54) is 0 Å². The Hall–Kier alpha value is -1.23. The van der Waals surface area contributed by atoms with Gasteiger partial charge in [0.15, 0.2) is 0 Å². The Labute approximate surface area is 116 Å². The zero-order chi connectivity index (χ0) is 13.1. The SMILES string of the molecule is CC1CCN(C(=O)Nc2cc(N)ccc2Br)CC1. The Morgan fingerprint density at radius 2 is 2.11 bits per heavy atom. The summed E-state index contributed by atoms with van der Waals surface area (Å²) in [5, 5.41) is 2.90. The van der Waals surface area contributed by atoms with Gasteiger partial charge >= 0.3 is 6.03 Å². The average Bonchev–Trinajstić information content (AvgIpc) is 2.34. The lowest BCUT2D eigenvalue weighted by atomic mass is 10.00. The number of hydrogen-bond acceptors (Lipinski definition) is 2. The second-order valence-electron chi connectivity index (χ2n) is 4.84. The summed E-state index contributed by atoms with van der Waals surface area (Å²) in [5.41, 5.74) is 7.07. The van der Waals surface area contributed by atoms with Crippen molar-refractivity contribution in [3.05, 3.63) is 22.7 Å². The molecule has 18 heavy (non-hydrogen) atoms. The highest BCUT2D eigenvalue weighted by atomic mass is 79.9. The summed E-state index contributed by atoms with van der Waals surface area (Å²) >= 11 is 3.40. The van der Waals surface area contributed by atoms with E-state index in [4.69, 9.17) is 5.73 Å². The van der Waals surface area contributed by atoms with Crippen LogP contribution in [0.15, 0.2) is 22.7 Å². The van der Waals surface area contributed by atoms with Crippen molar-refractivity contribution in [2.75, 3.05) is 24.1 Å². The number of carbonyl (C=O) groups excluding carboxylic acids is 1. The van der Waals surface area contributed by atoms with Gasteiger partial charge in [0.2, 0.25) is 0 Å². The van der Waals surface area contributed by atoms with Crippen LogP contribution in [0.3, 0.4) is 0 Å². The zero-order valence-corrected chi connectivity index (χ0v) is 12.0. The number of halogens is 1. The molecule has 0 aromatic heterocycles. The number of nitrogens with zero attached hydrogens (tertiary/aromatic N) is 1. The van der Waals surface area contributed by atoms with Gasteiger partial charge in [0.1, 0.15) is 0 Å². The predicted molar refractivity (Wildman–Crippen MR) is 77.5 cm³/mol. The molecule has 4 nitrogen and oxygen atoms in total. The number of nitrogens with one attached hydrogen (secondary N) is 1. The summed E-state index contributed by atoms with van der Waals surface area (Å²) in [4.78, 5) is 13.9. The molecule has 0 radical (unpaired) electrons. The fourth-order valence-electron chi connectivity index (χ4n) is 2.04. The van der Waals surface area contributed by atoms with Crippen LogP contribution in [0.2, 0.25) is 0 Å². The third-order valence-corrected chi connectivity index (χ3v) is 3.99. The Kier molecular flexibility index (Phi) is 4.11. The van der Waals surface area contributed by atoms with Gasteiger partial charge in [0.05, 0.1) is 5.69 Å². The fraction of sp³-hybridized carbons (Fsp3) is 0.462. The molecule has 0 atom stereocenters. The van der Waals surface area contributed by atoms with Crippen LogP contribution >= 0.6 is 15.9 Å². The Balaban J connectivity index is 2.00. The molecule has 0 unspecified atom stereocenters. The first-order valence-electron chi connectivity index (χ1n) is 6.17. The summed E-state index contributed by atoms with van der Waals surface area (Å²) in [7, 11) is 0. The number of likely N-dealkylation sites (tertiary alicyclic amines) is 1. The van der Waals surface area contributed by atoms with Gasteiger partial charge in [-0.3, -0.25) is 0 Å². The maximum Gasteiger partial charge on any atom is 0.321 e. The molecule has 1 aromatic rings. The number of amides is 2. The lowest BCUT2D eigenvalue weighted by molar-refractivity contribution is 0.186. The van der Waals surface area contributed by atoms with Crippen LogP contribution in [0.1, 0.15) is 19.8 Å². The van der Waals surface area contributed by atoms with Crippen molar-refractivity contribution in [3.63, 3.8) is 0 Å². The Bertz CT molecular complexity index is 442. The molecule has 1 aliphatic rings. The van der Waals surface area contributed by atoms with Crippen LogP contribution in [-0.2, 0) is 0 Å². The van der Waals surface area contributed by atoms with Crippen molar-refractivity contribution in [2.24, 2.45) is 5.92 Å². The van der Waals surface area contributed by atoms with Gasteiger partial charge in [0, 0.05) is 23.2 Å². The molecule has 1 saturated heterocycles. The van der Waals surface area contributed by atoms with Crippen molar-refractivity contribution in [1.29, 1.82) is 0 Å². The summed E-state index contributed by atoms with van der Waals surface area (Å²) in [6, 6.07) is 5.34. The second-order valence-corrected chi connectivity index (χ2v) is 5.69. The summed E-state index contributed by atoms with van der Waals surface area (Å²) in [6.07, 6.45) is 2.15. The topological polar surface area (TPSA) is 58.4 Å². The lowest BCUT2D eigenvalue weighted by Crippen LogP contribution is -2.40. The molecule has 98 valence electrons. The number of piperidine rings is 1. The van der Waals surface area contributed by atoms with E-state index in [9.17, 15) is 4.79 Å². The smallest absolute Gasteiger partial charge is 0.321 e. The first kappa shape index (κ1) is 13.2. The number of benzene rings is 1. The highest BCUT2D eigenvalue weighted by Gasteiger charge is 2.20. The van der Waals surface area contributed by atoms with Crippen LogP contribution in [0.4, 0.5) is 16.2 Å². The maximum atomic E-state index is 12.1. The number of urea groups is 1. The van der Waals surface area contributed by atoms with Gasteiger partial charge in [-0.05, 0) is 52.9 Å². The molecule has 1 aliphatic heterocycles. The van der Waals surface area contributed by atoms with E-state index in [1.54, 1.807) is 12.1 Å². The van der Waals surface area contributed by atoms with E-state index in [2.05, 4.69) is 28.2 Å². The molecule has 5 heteroatoms. The van der Waals surface area contributed by atoms with E-state index < -0.39 is 0 Å². The Morgan fingerprint density at radius 3 is 2.78 bits per heavy atom. The summed E-state index contributed by atoms with van der Waals surface area (Å²) in [6.45, 7) is 3.88. The minimum atomic E-state index is -0.0480. The number of nitrogens with two attached hydrogens (primary N) is 1. The molecule has 2 rings (SSSR count). The van der Waals surface area contributed by atoms with Crippen molar-refractivity contribution >= 4 is 33.3 Å². The van der Waals surface area contributed by atoms with E-state index in [-0.39, 0.29) is 6.03 Å². The quantitative estimate of drug-likeness (QED) is 0.782. The number of rotatable bonds is 1. The number of hydrogen-bond donors (Lipinski definition) is 2. The molecule has 2 amide bonds. The Morgan fingerprint density at radius 1 is 1.44 bits per heavy atom. The first-order valence-corrected chi connectivity index (χ1v) is 6.96. The molecule has 0 bridgehead atoms. The zero-order valence-electron chi connectivity index (χ0n) is 10.4. The largest absolute Gasteiger partial charge is 0.399 e. The third kappa shape index (κ3) is 3.16. The molecule has 0 aliphatic carbocycles. The van der Waals surface area contributed by atoms with Crippen LogP contribution in [0.25, 0.3) is 0 Å². The molecule has 1 aromatic carbocycles. The highest BCUT2D eigenvalue weighted by molar-refractivity contribution is 9.10. The average molecular weight is 312 g/mol. The van der Waals surface area contributed by atoms with Gasteiger partial charge in [-0.1, -0.05) is 6.92 Å². The molecule has 1 heterocycles. The number of carbonyl (C=O) groups is 1. The number of anilines is 2. The molecule has 1 fully saturated rings. The van der Waals surface area contributed by atoms with Gasteiger partial charge in [-0.15, -0.1) is 0 Å². The van der Waals surface area contributed by atoms with Gasteiger partial charge in [-0.2, -0.15) is 0 Å². The van der Waals surface area contributed by atoms with Crippen LogP contribution in [-0.4, -0.2) is 24.0 Å². The molecular formula is C13H18BrN3O. The van der Waals surface area contributed by atoms with Crippen molar-refractivity contribution < 1.29 is 4.79 Å². The first-order chi connectivity index (χ1) is 8.56. The summed E-state index contributed by atoms with van der Waals surface area (Å²) < 4.78 is 0.843. The maximum absolute atomic E-state index is 12.1. The van der Waals surface area contributed by atoms with Crippen molar-refractivity contribution in [2.45, 2.75) is 19.8 Å². The highest BCUT2D eigenvalue weighted by Crippen LogP contribution is 2.25. The van der Waals surface area contributed by atoms with Crippen molar-refractivity contribution in [3.8, 4) is 0 Å². The summed E-state index contributed by atoms with van der Waals surface area (Å²) in [5.74, 6) is 0.716. The predicted octanol–water partition coefficient (Wildman–Crippen LogP) is 3.30. The third-order valence-electron chi connectivity index (χ3n) is 3.30. The monoisotopic (exact) mass is 311 g/mol. The van der Waals surface area contributed by atoms with E-state index in [1.807, 2.05) is 11.0 Å². The number of nitrogen functional groups attached to an aromatic ring is 1. The van der Waals surface area contributed by atoms with E-state index in [0.717, 1.165) is 36.1 Å². The molecule has 0 spiro atoms. The van der Waals surface area contributed by atoms with Gasteiger partial charge < -0.3 is 16.0 Å². The van der Waals surface area contributed by atoms with Crippen LogP contribution in [0, 0.1) is 5.92 Å². The minimum absolute atomic E-state index is 0.0480. The fourth-order valence-corrected chi connectivity index (χ4v) is 2.39. The molecule has 3 N–H and O–H groups in total. The van der Waals surface area contributed by atoms with Gasteiger partial charge in [0.25, 0.3) is 0 Å². The standard InChI is InChI=1S/C13H18BrN3O/c1-9-4-6-17(7-5-9)13(18)16-12-8-10(15)2-3-11(12)14/h2-3,8-9H,4-7,15H2,1H3,(H,16,18).